The lowest BCUT2D eigenvalue weighted by atomic mass is 9.85. The van der Waals surface area contributed by atoms with E-state index in [0.717, 1.165) is 13.0 Å². The molecule has 0 radical (unpaired) electrons. The second-order valence-electron chi connectivity index (χ2n) is 4.39. The van der Waals surface area contributed by atoms with Crippen LogP contribution in [0.15, 0.2) is 0 Å². The van der Waals surface area contributed by atoms with Crippen molar-refractivity contribution >= 4 is 0 Å². The molecule has 0 saturated heterocycles. The fourth-order valence-electron chi connectivity index (χ4n) is 2.11. The van der Waals surface area contributed by atoms with Crippen LogP contribution in [0.2, 0.25) is 0 Å². The Labute approximate surface area is 87.7 Å². The van der Waals surface area contributed by atoms with Gasteiger partial charge in [0.1, 0.15) is 0 Å². The van der Waals surface area contributed by atoms with Gasteiger partial charge < -0.3 is 9.84 Å². The molecule has 1 atom stereocenters. The lowest BCUT2D eigenvalue weighted by Gasteiger charge is -2.26. The second-order valence-corrected chi connectivity index (χ2v) is 4.39. The highest BCUT2D eigenvalue weighted by molar-refractivity contribution is 4.72. The number of rotatable bonds is 6. The lowest BCUT2D eigenvalue weighted by Crippen LogP contribution is -2.27. The third-order valence-electron chi connectivity index (χ3n) is 3.12. The fraction of sp³-hybridized carbons (Fsp3) is 1.00. The summed E-state index contributed by atoms with van der Waals surface area (Å²) in [5.74, 6) is 0.505. The molecule has 1 unspecified atom stereocenters. The number of aliphatic hydroxyl groups is 1. The van der Waals surface area contributed by atoms with E-state index in [0.29, 0.717) is 12.5 Å². The first-order valence-corrected chi connectivity index (χ1v) is 6.10. The Kier molecular flexibility index (Phi) is 6.20. The molecule has 1 aliphatic carbocycles. The highest BCUT2D eigenvalue weighted by Crippen LogP contribution is 2.26. The third kappa shape index (κ3) is 4.43. The van der Waals surface area contributed by atoms with Gasteiger partial charge in [-0.15, -0.1) is 0 Å². The fourth-order valence-corrected chi connectivity index (χ4v) is 2.11. The van der Waals surface area contributed by atoms with Crippen LogP contribution in [0.3, 0.4) is 0 Å². The average molecular weight is 200 g/mol. The van der Waals surface area contributed by atoms with E-state index >= 15 is 0 Å². The standard InChI is InChI=1S/C12H24O2/c1-2-3-9-14-10-12(13)11-7-5-4-6-8-11/h11-13H,2-10H2,1H3. The van der Waals surface area contributed by atoms with E-state index in [-0.39, 0.29) is 6.10 Å². The van der Waals surface area contributed by atoms with Crippen LogP contribution in [0.1, 0.15) is 51.9 Å². The van der Waals surface area contributed by atoms with Gasteiger partial charge >= 0.3 is 0 Å². The smallest absolute Gasteiger partial charge is 0.0801 e. The van der Waals surface area contributed by atoms with Gasteiger partial charge in [-0.2, -0.15) is 0 Å². The molecule has 0 spiro atoms. The number of unbranched alkanes of at least 4 members (excludes halogenated alkanes) is 1. The van der Waals surface area contributed by atoms with Crippen LogP contribution < -0.4 is 0 Å². The number of hydrogen-bond acceptors (Lipinski definition) is 2. The van der Waals surface area contributed by atoms with E-state index in [9.17, 15) is 5.11 Å². The van der Waals surface area contributed by atoms with Gasteiger partial charge in [0.05, 0.1) is 12.7 Å². The van der Waals surface area contributed by atoms with Gasteiger partial charge in [-0.05, 0) is 25.2 Å². The molecule has 1 saturated carbocycles. The summed E-state index contributed by atoms with van der Waals surface area (Å²) in [6, 6.07) is 0. The minimum Gasteiger partial charge on any atom is -0.390 e. The molecule has 1 rings (SSSR count). The minimum absolute atomic E-state index is 0.216. The lowest BCUT2D eigenvalue weighted by molar-refractivity contribution is -0.00546. The maximum absolute atomic E-state index is 9.85. The van der Waals surface area contributed by atoms with Gasteiger partial charge in [0.25, 0.3) is 0 Å². The van der Waals surface area contributed by atoms with Crippen LogP contribution in [-0.2, 0) is 4.74 Å². The van der Waals surface area contributed by atoms with Gasteiger partial charge in [-0.3, -0.25) is 0 Å². The van der Waals surface area contributed by atoms with Crippen molar-refractivity contribution in [1.29, 1.82) is 0 Å². The zero-order chi connectivity index (χ0) is 10.2. The van der Waals surface area contributed by atoms with Crippen molar-refractivity contribution in [1.82, 2.24) is 0 Å². The summed E-state index contributed by atoms with van der Waals surface area (Å²) in [6.45, 7) is 3.51. The van der Waals surface area contributed by atoms with Crippen molar-refractivity contribution in [2.75, 3.05) is 13.2 Å². The largest absolute Gasteiger partial charge is 0.390 e. The molecule has 14 heavy (non-hydrogen) atoms. The molecule has 0 heterocycles. The van der Waals surface area contributed by atoms with Gasteiger partial charge in [0.15, 0.2) is 0 Å². The molecule has 2 nitrogen and oxygen atoms in total. The molecule has 0 amide bonds. The predicted molar refractivity (Wildman–Crippen MR) is 58.3 cm³/mol. The van der Waals surface area contributed by atoms with Gasteiger partial charge in [-0.1, -0.05) is 32.6 Å². The molecule has 0 aromatic carbocycles. The monoisotopic (exact) mass is 200 g/mol. The normalized spacial score (nSPS) is 21.0. The Hall–Kier alpha value is -0.0800. The van der Waals surface area contributed by atoms with Crippen LogP contribution in [0.4, 0.5) is 0 Å². The van der Waals surface area contributed by atoms with Crippen molar-refractivity contribution in [3.63, 3.8) is 0 Å². The van der Waals surface area contributed by atoms with Crippen LogP contribution in [0.25, 0.3) is 0 Å². The molecule has 0 aliphatic heterocycles. The van der Waals surface area contributed by atoms with Gasteiger partial charge in [0.2, 0.25) is 0 Å². The molecular weight excluding hydrogens is 176 g/mol. The molecule has 2 heteroatoms. The summed E-state index contributed by atoms with van der Waals surface area (Å²) in [7, 11) is 0. The van der Waals surface area contributed by atoms with Crippen LogP contribution in [0, 0.1) is 5.92 Å². The first-order valence-electron chi connectivity index (χ1n) is 6.10. The number of aliphatic hydroxyl groups excluding tert-OH is 1. The van der Waals surface area contributed by atoms with Crippen molar-refractivity contribution in [3.05, 3.63) is 0 Å². The Morgan fingerprint density at radius 1 is 1.29 bits per heavy atom. The summed E-state index contributed by atoms with van der Waals surface area (Å²) >= 11 is 0. The number of hydrogen-bond donors (Lipinski definition) is 1. The maximum Gasteiger partial charge on any atom is 0.0801 e. The third-order valence-corrected chi connectivity index (χ3v) is 3.12. The zero-order valence-corrected chi connectivity index (χ0v) is 9.37. The van der Waals surface area contributed by atoms with Crippen molar-refractivity contribution in [2.24, 2.45) is 5.92 Å². The SMILES string of the molecule is CCCCOCC(O)C1CCCCC1. The highest BCUT2D eigenvalue weighted by atomic mass is 16.5. The topological polar surface area (TPSA) is 29.5 Å². The van der Waals surface area contributed by atoms with Gasteiger partial charge in [-0.25, -0.2) is 0 Å². The molecule has 0 aromatic heterocycles. The summed E-state index contributed by atoms with van der Waals surface area (Å²) in [5, 5.41) is 9.85. The first kappa shape index (κ1) is 12.0. The van der Waals surface area contributed by atoms with E-state index in [1.807, 2.05) is 0 Å². The number of ether oxygens (including phenoxy) is 1. The Morgan fingerprint density at radius 2 is 2.00 bits per heavy atom. The summed E-state index contributed by atoms with van der Waals surface area (Å²) in [6.07, 6.45) is 8.37. The first-order chi connectivity index (χ1) is 6.84. The van der Waals surface area contributed by atoms with Crippen LogP contribution in [0.5, 0.6) is 0 Å². The van der Waals surface area contributed by atoms with Crippen molar-refractivity contribution in [2.45, 2.75) is 58.0 Å². The molecule has 0 bridgehead atoms. The molecule has 1 fully saturated rings. The van der Waals surface area contributed by atoms with Crippen molar-refractivity contribution < 1.29 is 9.84 Å². The van der Waals surface area contributed by atoms with Crippen LogP contribution >= 0.6 is 0 Å². The predicted octanol–water partition coefficient (Wildman–Crippen LogP) is 2.74. The van der Waals surface area contributed by atoms with E-state index < -0.39 is 0 Å². The molecular formula is C12H24O2. The summed E-state index contributed by atoms with van der Waals surface area (Å²) in [4.78, 5) is 0. The average Bonchev–Trinajstić information content (AvgIpc) is 2.25. The zero-order valence-electron chi connectivity index (χ0n) is 9.37. The summed E-state index contributed by atoms with van der Waals surface area (Å²) < 4.78 is 5.44. The minimum atomic E-state index is -0.216. The maximum atomic E-state index is 9.85. The van der Waals surface area contributed by atoms with E-state index in [4.69, 9.17) is 4.74 Å². The van der Waals surface area contributed by atoms with E-state index in [2.05, 4.69) is 6.92 Å². The molecule has 1 N–H and O–H groups in total. The molecule has 84 valence electrons. The van der Waals surface area contributed by atoms with E-state index in [1.165, 1.54) is 38.5 Å². The Balaban J connectivity index is 2.04. The Morgan fingerprint density at radius 3 is 2.64 bits per heavy atom. The van der Waals surface area contributed by atoms with Crippen molar-refractivity contribution in [3.8, 4) is 0 Å². The molecule has 0 aromatic rings. The summed E-state index contributed by atoms with van der Waals surface area (Å²) in [5.41, 5.74) is 0. The quantitative estimate of drug-likeness (QED) is 0.668. The van der Waals surface area contributed by atoms with Gasteiger partial charge in [0, 0.05) is 6.61 Å². The highest BCUT2D eigenvalue weighted by Gasteiger charge is 2.21. The molecule has 1 aliphatic rings. The Bertz CT molecular complexity index is 130. The van der Waals surface area contributed by atoms with E-state index in [1.54, 1.807) is 0 Å². The van der Waals surface area contributed by atoms with Crippen LogP contribution in [-0.4, -0.2) is 24.4 Å². The second kappa shape index (κ2) is 7.24.